The van der Waals surface area contributed by atoms with Crippen LogP contribution in [0.1, 0.15) is 93.9 Å². The Kier molecular flexibility index (Phi) is 11.5. The van der Waals surface area contributed by atoms with E-state index in [1.54, 1.807) is 12.1 Å². The molecule has 2 saturated heterocycles. The van der Waals surface area contributed by atoms with Crippen LogP contribution in [0.3, 0.4) is 0 Å². The second-order valence-electron chi connectivity index (χ2n) is 14.5. The molecule has 3 aliphatic heterocycles. The van der Waals surface area contributed by atoms with Gasteiger partial charge in [0.15, 0.2) is 0 Å². The van der Waals surface area contributed by atoms with Gasteiger partial charge in [-0.1, -0.05) is 36.8 Å². The van der Waals surface area contributed by atoms with Crippen LogP contribution < -0.4 is 27.0 Å². The van der Waals surface area contributed by atoms with Crippen LogP contribution in [0, 0.1) is 0 Å². The second kappa shape index (κ2) is 17.0. The molecule has 6 N–H and O–H groups in total. The smallest absolute Gasteiger partial charge is 0.264 e. The number of carbonyl (C=O) groups excluding carboxylic acids is 7. The summed E-state index contributed by atoms with van der Waals surface area (Å²) in [6, 6.07) is 19.3. The first-order valence-corrected chi connectivity index (χ1v) is 19.3. The zero-order valence-corrected chi connectivity index (χ0v) is 31.3. The Morgan fingerprint density at radius 3 is 2.42 bits per heavy atom. The molecular formula is C42H44N8O7. The van der Waals surface area contributed by atoms with Crippen molar-refractivity contribution in [1.82, 2.24) is 25.4 Å². The Bertz CT molecular complexity index is 2250. The van der Waals surface area contributed by atoms with Crippen LogP contribution in [0.2, 0.25) is 0 Å². The molecule has 57 heavy (non-hydrogen) atoms. The standard InChI is InChI=1S/C42H44N8O7/c43-39(54)30-23-45-31-14-13-26(22-29(31)38(30)47-27-8-3-1-4-9-27)25-17-20-49(21-18-25)36(53)12-5-2-6-19-44-35(52)24-46-32-11-7-10-28-37(32)42(57)50(41(28)56)33-15-16-34(51)48-40(33)55/h1,3-4,7-11,13-14,22-23,25,33,46H,2,5-6,12,15-21,24H2,(H2,43,54)(H,44,52)(H,45,47)(H,48,51,55). The van der Waals surface area contributed by atoms with Crippen molar-refractivity contribution in [1.29, 1.82) is 0 Å². The van der Waals surface area contributed by atoms with Gasteiger partial charge in [0.05, 0.1) is 34.4 Å². The number of nitrogens with zero attached hydrogens (tertiary/aromatic N) is 3. The van der Waals surface area contributed by atoms with Crippen LogP contribution in [-0.4, -0.2) is 88.4 Å². The third-order valence-electron chi connectivity index (χ3n) is 10.8. The van der Waals surface area contributed by atoms with Crippen LogP contribution in [0.5, 0.6) is 0 Å². The molecule has 7 amide bonds. The molecule has 3 aromatic carbocycles. The maximum absolute atomic E-state index is 13.3. The molecule has 0 spiro atoms. The van der Waals surface area contributed by atoms with Gasteiger partial charge in [0.1, 0.15) is 6.04 Å². The number of nitrogens with one attached hydrogen (secondary N) is 4. The summed E-state index contributed by atoms with van der Waals surface area (Å²) in [4.78, 5) is 95.6. The first-order valence-electron chi connectivity index (χ1n) is 19.3. The van der Waals surface area contributed by atoms with Gasteiger partial charge in [0.2, 0.25) is 23.6 Å². The number of rotatable bonds is 14. The lowest BCUT2D eigenvalue weighted by molar-refractivity contribution is -0.136. The number of nitrogens with two attached hydrogens (primary N) is 1. The number of hydrogen-bond acceptors (Lipinski definition) is 10. The number of pyridine rings is 1. The topological polar surface area (TPSA) is 213 Å². The fraction of sp³-hybridized carbons (Fsp3) is 0.333. The van der Waals surface area contributed by atoms with Crippen LogP contribution in [0.25, 0.3) is 10.9 Å². The SMILES string of the molecule is NC(=O)c1cnc2ccc(C3CCN(C(=O)CCCCCNC(=O)CNc4cccc5c4C(=O)N(C4CCC(=O)NC4=O)C5=O)CC3)cc2c1Nc1ccccc1. The van der Waals surface area contributed by atoms with Crippen molar-refractivity contribution in [3.63, 3.8) is 0 Å². The number of carbonyl (C=O) groups is 7. The van der Waals surface area contributed by atoms with Gasteiger partial charge in [-0.25, -0.2) is 0 Å². The van der Waals surface area contributed by atoms with Gasteiger partial charge in [0.25, 0.3) is 17.7 Å². The Hall–Kier alpha value is -6.64. The summed E-state index contributed by atoms with van der Waals surface area (Å²) in [5.74, 6) is -2.91. The minimum absolute atomic E-state index is 0.0236. The van der Waals surface area contributed by atoms with Crippen LogP contribution in [0.15, 0.2) is 72.9 Å². The van der Waals surface area contributed by atoms with E-state index in [0.717, 1.165) is 46.3 Å². The summed E-state index contributed by atoms with van der Waals surface area (Å²) in [5, 5.41) is 12.1. The molecule has 0 aliphatic carbocycles. The molecule has 3 aliphatic rings. The zero-order chi connectivity index (χ0) is 40.1. The van der Waals surface area contributed by atoms with Gasteiger partial charge >= 0.3 is 0 Å². The van der Waals surface area contributed by atoms with Gasteiger partial charge in [-0.3, -0.25) is 48.8 Å². The van der Waals surface area contributed by atoms with Crippen molar-refractivity contribution in [2.24, 2.45) is 5.73 Å². The molecule has 15 nitrogen and oxygen atoms in total. The Morgan fingerprint density at radius 2 is 1.67 bits per heavy atom. The van der Waals surface area contributed by atoms with Crippen LogP contribution in [-0.2, 0) is 19.2 Å². The van der Waals surface area contributed by atoms with Gasteiger partial charge in [-0.15, -0.1) is 0 Å². The summed E-state index contributed by atoms with van der Waals surface area (Å²) >= 11 is 0. The summed E-state index contributed by atoms with van der Waals surface area (Å²) in [6.07, 6.45) is 5.77. The highest BCUT2D eigenvalue weighted by molar-refractivity contribution is 6.25. The largest absolute Gasteiger partial charge is 0.375 e. The third-order valence-corrected chi connectivity index (χ3v) is 10.8. The number of benzene rings is 3. The number of primary amides is 1. The summed E-state index contributed by atoms with van der Waals surface area (Å²) in [7, 11) is 0. The lowest BCUT2D eigenvalue weighted by atomic mass is 9.88. The zero-order valence-electron chi connectivity index (χ0n) is 31.3. The maximum atomic E-state index is 13.3. The van der Waals surface area contributed by atoms with E-state index in [0.29, 0.717) is 55.8 Å². The Morgan fingerprint density at radius 1 is 0.877 bits per heavy atom. The predicted molar refractivity (Wildman–Crippen MR) is 212 cm³/mol. The number of piperidine rings is 2. The number of hydrogen-bond donors (Lipinski definition) is 5. The molecular weight excluding hydrogens is 729 g/mol. The number of para-hydroxylation sites is 1. The van der Waals surface area contributed by atoms with Crippen molar-refractivity contribution in [2.45, 2.75) is 63.3 Å². The van der Waals surface area contributed by atoms with E-state index in [1.165, 1.54) is 12.3 Å². The molecule has 1 atom stereocenters. The third kappa shape index (κ3) is 8.47. The lowest BCUT2D eigenvalue weighted by Gasteiger charge is -2.32. The molecule has 1 unspecified atom stereocenters. The molecule has 0 radical (unpaired) electrons. The monoisotopic (exact) mass is 772 g/mol. The van der Waals surface area contributed by atoms with Crippen molar-refractivity contribution in [3.8, 4) is 0 Å². The lowest BCUT2D eigenvalue weighted by Crippen LogP contribution is -2.54. The van der Waals surface area contributed by atoms with E-state index in [-0.39, 0.29) is 48.2 Å². The van der Waals surface area contributed by atoms with E-state index < -0.39 is 35.6 Å². The first-order chi connectivity index (χ1) is 27.6. The quantitative estimate of drug-likeness (QED) is 0.0919. The average molecular weight is 773 g/mol. The van der Waals surface area contributed by atoms with Crippen molar-refractivity contribution < 1.29 is 33.6 Å². The highest BCUT2D eigenvalue weighted by Crippen LogP contribution is 2.35. The van der Waals surface area contributed by atoms with Gasteiger partial charge in [-0.2, -0.15) is 0 Å². The summed E-state index contributed by atoms with van der Waals surface area (Å²) in [5.41, 5.74) is 9.88. The Labute approximate surface area is 328 Å². The molecule has 1 aromatic heterocycles. The summed E-state index contributed by atoms with van der Waals surface area (Å²) in [6.45, 7) is 1.58. The number of aromatic nitrogens is 1. The predicted octanol–water partition coefficient (Wildman–Crippen LogP) is 3.97. The van der Waals surface area contributed by atoms with Crippen molar-refractivity contribution in [2.75, 3.05) is 36.8 Å². The fourth-order valence-corrected chi connectivity index (χ4v) is 7.78. The molecule has 294 valence electrons. The van der Waals surface area contributed by atoms with Crippen molar-refractivity contribution >= 4 is 69.3 Å². The van der Waals surface area contributed by atoms with Crippen molar-refractivity contribution in [3.05, 3.63) is 95.2 Å². The molecule has 0 saturated carbocycles. The number of fused-ring (bicyclic) bond motifs is 2. The van der Waals surface area contributed by atoms with E-state index in [9.17, 15) is 33.6 Å². The van der Waals surface area contributed by atoms with E-state index in [2.05, 4.69) is 38.4 Å². The molecule has 15 heteroatoms. The van der Waals surface area contributed by atoms with E-state index >= 15 is 0 Å². The number of amides is 7. The highest BCUT2D eigenvalue weighted by atomic mass is 16.2. The van der Waals surface area contributed by atoms with Crippen LogP contribution >= 0.6 is 0 Å². The number of imide groups is 2. The molecule has 4 heterocycles. The van der Waals surface area contributed by atoms with E-state index in [1.807, 2.05) is 41.3 Å². The minimum Gasteiger partial charge on any atom is -0.375 e. The summed E-state index contributed by atoms with van der Waals surface area (Å²) < 4.78 is 0. The molecule has 0 bridgehead atoms. The first kappa shape index (κ1) is 38.6. The number of anilines is 3. The molecule has 7 rings (SSSR count). The van der Waals surface area contributed by atoms with E-state index in [4.69, 9.17) is 5.73 Å². The Balaban J connectivity index is 0.832. The molecule has 2 fully saturated rings. The fourth-order valence-electron chi connectivity index (χ4n) is 7.78. The van der Waals surface area contributed by atoms with Gasteiger partial charge in [0, 0.05) is 55.4 Å². The second-order valence-corrected chi connectivity index (χ2v) is 14.5. The highest BCUT2D eigenvalue weighted by Gasteiger charge is 2.45. The minimum atomic E-state index is -1.08. The van der Waals surface area contributed by atoms with Gasteiger partial charge < -0.3 is 26.6 Å². The molecule has 4 aromatic rings. The number of unbranched alkanes of at least 4 members (excludes halogenated alkanes) is 2. The normalized spacial score (nSPS) is 17.0. The number of likely N-dealkylation sites (tertiary alicyclic amines) is 1. The average Bonchev–Trinajstić information content (AvgIpc) is 3.47. The van der Waals surface area contributed by atoms with Gasteiger partial charge in [-0.05, 0) is 80.0 Å². The van der Waals surface area contributed by atoms with Crippen LogP contribution in [0.4, 0.5) is 17.1 Å². The maximum Gasteiger partial charge on any atom is 0.264 e.